The van der Waals surface area contributed by atoms with Gasteiger partial charge in [-0.2, -0.15) is 0 Å². The van der Waals surface area contributed by atoms with Crippen LogP contribution in [0.25, 0.3) is 0 Å². The van der Waals surface area contributed by atoms with Crippen LogP contribution in [0.5, 0.6) is 5.75 Å². The number of hydrogen-bond acceptors (Lipinski definition) is 5. The number of phenols is 1. The van der Waals surface area contributed by atoms with Crippen molar-refractivity contribution in [1.82, 2.24) is 0 Å². The first-order chi connectivity index (χ1) is 10.5. The topological polar surface area (TPSA) is 101 Å². The predicted molar refractivity (Wildman–Crippen MR) is 75.0 cm³/mol. The van der Waals surface area contributed by atoms with Crippen LogP contribution in [-0.4, -0.2) is 21.8 Å². The van der Waals surface area contributed by atoms with Gasteiger partial charge in [0.2, 0.25) is 11.8 Å². The van der Waals surface area contributed by atoms with Crippen molar-refractivity contribution in [2.24, 2.45) is 23.7 Å². The van der Waals surface area contributed by atoms with Gasteiger partial charge >= 0.3 is 0 Å². The molecule has 0 radical (unpaired) electrons. The van der Waals surface area contributed by atoms with Crippen molar-refractivity contribution in [1.29, 1.82) is 0 Å². The number of amides is 2. The second kappa shape index (κ2) is 4.16. The second-order valence-corrected chi connectivity index (χ2v) is 5.94. The number of fused-ring (bicyclic) bond motifs is 5. The van der Waals surface area contributed by atoms with E-state index >= 15 is 0 Å². The fourth-order valence-electron chi connectivity index (χ4n) is 3.95. The molecule has 22 heavy (non-hydrogen) atoms. The molecular weight excluding hydrogens is 288 g/mol. The van der Waals surface area contributed by atoms with E-state index in [0.717, 1.165) is 17.4 Å². The van der Waals surface area contributed by atoms with Crippen molar-refractivity contribution in [3.8, 4) is 5.75 Å². The Morgan fingerprint density at radius 2 is 1.73 bits per heavy atom. The van der Waals surface area contributed by atoms with Gasteiger partial charge in [-0.1, -0.05) is 12.2 Å². The number of nitrogens with zero attached hydrogens (tertiary/aromatic N) is 2. The summed E-state index contributed by atoms with van der Waals surface area (Å²) in [7, 11) is 0. The summed E-state index contributed by atoms with van der Waals surface area (Å²) < 4.78 is 0. The van der Waals surface area contributed by atoms with Crippen LogP contribution in [-0.2, 0) is 9.59 Å². The summed E-state index contributed by atoms with van der Waals surface area (Å²) in [6.07, 6.45) is 4.79. The Hall–Kier alpha value is -2.70. The molecule has 7 nitrogen and oxygen atoms in total. The summed E-state index contributed by atoms with van der Waals surface area (Å²) >= 11 is 0. The number of non-ortho nitro benzene ring substituents is 1. The van der Waals surface area contributed by atoms with Crippen molar-refractivity contribution in [3.63, 3.8) is 0 Å². The zero-order valence-electron chi connectivity index (χ0n) is 11.4. The molecule has 1 aromatic carbocycles. The first kappa shape index (κ1) is 13.0. The third-order valence-corrected chi connectivity index (χ3v) is 4.88. The maximum Gasteiger partial charge on any atom is 0.273 e. The number of benzene rings is 1. The number of allylic oxidation sites excluding steroid dienone is 2. The normalized spacial score (nSPS) is 31.9. The molecule has 2 bridgehead atoms. The minimum atomic E-state index is -0.643. The lowest BCUT2D eigenvalue weighted by Crippen LogP contribution is -2.32. The minimum absolute atomic E-state index is 0.0226. The van der Waals surface area contributed by atoms with Gasteiger partial charge in [0.05, 0.1) is 28.5 Å². The van der Waals surface area contributed by atoms with Crippen molar-refractivity contribution >= 4 is 23.2 Å². The fraction of sp³-hybridized carbons (Fsp3) is 0.333. The second-order valence-electron chi connectivity index (χ2n) is 5.94. The van der Waals surface area contributed by atoms with Crippen molar-refractivity contribution in [2.45, 2.75) is 6.42 Å². The van der Waals surface area contributed by atoms with E-state index < -0.39 is 10.7 Å². The largest absolute Gasteiger partial charge is 0.505 e. The highest BCUT2D eigenvalue weighted by Gasteiger charge is 2.59. The highest BCUT2D eigenvalue weighted by atomic mass is 16.6. The summed E-state index contributed by atoms with van der Waals surface area (Å²) in [5.41, 5.74) is -0.267. The molecule has 4 rings (SSSR count). The molecule has 2 aliphatic carbocycles. The summed E-state index contributed by atoms with van der Waals surface area (Å²) in [4.78, 5) is 36.2. The van der Waals surface area contributed by atoms with Gasteiger partial charge in [-0.05, 0) is 24.3 Å². The maximum absolute atomic E-state index is 12.6. The Bertz CT molecular complexity index is 726. The molecule has 1 aromatic rings. The summed E-state index contributed by atoms with van der Waals surface area (Å²) in [6, 6.07) is 3.38. The van der Waals surface area contributed by atoms with Crippen LogP contribution in [0.2, 0.25) is 0 Å². The average Bonchev–Trinajstić information content (AvgIpc) is 3.14. The molecule has 2 fully saturated rings. The molecule has 0 unspecified atom stereocenters. The van der Waals surface area contributed by atoms with Crippen LogP contribution in [0.15, 0.2) is 30.4 Å². The minimum Gasteiger partial charge on any atom is -0.505 e. The molecule has 0 aromatic heterocycles. The lowest BCUT2D eigenvalue weighted by Gasteiger charge is -2.18. The monoisotopic (exact) mass is 300 g/mol. The number of phenolic OH excluding ortho intramolecular Hbond substituents is 1. The number of aromatic hydroxyl groups is 1. The number of hydrogen-bond donors (Lipinski definition) is 1. The van der Waals surface area contributed by atoms with E-state index in [-0.39, 0.29) is 46.9 Å². The molecule has 112 valence electrons. The molecule has 0 spiro atoms. The zero-order valence-corrected chi connectivity index (χ0v) is 11.4. The molecule has 1 N–H and O–H groups in total. The Morgan fingerprint density at radius 3 is 2.23 bits per heavy atom. The lowest BCUT2D eigenvalue weighted by atomic mass is 9.85. The summed E-state index contributed by atoms with van der Waals surface area (Å²) in [6.45, 7) is 0. The Balaban J connectivity index is 1.74. The van der Waals surface area contributed by atoms with E-state index in [1.54, 1.807) is 0 Å². The fourth-order valence-corrected chi connectivity index (χ4v) is 3.95. The molecule has 2 amide bonds. The van der Waals surface area contributed by atoms with Gasteiger partial charge < -0.3 is 5.11 Å². The third-order valence-electron chi connectivity index (χ3n) is 4.88. The SMILES string of the molecule is O=C1[C@@H]2[C@@H](C(=O)N1c1ccc([N+](=O)[O-])cc1O)[C@@H]1C=C[C@@H]2C1. The van der Waals surface area contributed by atoms with Gasteiger partial charge in [0.1, 0.15) is 5.75 Å². The Kier molecular flexibility index (Phi) is 2.46. The number of rotatable bonds is 2. The first-order valence-electron chi connectivity index (χ1n) is 7.02. The maximum atomic E-state index is 12.6. The molecule has 1 saturated heterocycles. The van der Waals surface area contributed by atoms with Gasteiger partial charge in [0, 0.05) is 6.07 Å². The van der Waals surface area contributed by atoms with Crippen LogP contribution in [0.4, 0.5) is 11.4 Å². The van der Waals surface area contributed by atoms with E-state index in [4.69, 9.17) is 0 Å². The van der Waals surface area contributed by atoms with Gasteiger partial charge in [-0.3, -0.25) is 19.7 Å². The van der Waals surface area contributed by atoms with Crippen molar-refractivity contribution in [2.75, 3.05) is 4.90 Å². The zero-order chi connectivity index (χ0) is 15.6. The van der Waals surface area contributed by atoms with E-state index in [1.807, 2.05) is 12.2 Å². The summed E-state index contributed by atoms with van der Waals surface area (Å²) in [5.74, 6) is -1.65. The van der Waals surface area contributed by atoms with E-state index in [0.29, 0.717) is 0 Å². The number of carbonyl (C=O) groups is 2. The van der Waals surface area contributed by atoms with Crippen molar-refractivity contribution < 1.29 is 19.6 Å². The first-order valence-corrected chi connectivity index (χ1v) is 7.02. The van der Waals surface area contributed by atoms with Gasteiger partial charge in [-0.15, -0.1) is 0 Å². The quantitative estimate of drug-likeness (QED) is 0.387. The average molecular weight is 300 g/mol. The predicted octanol–water partition coefficient (Wildman–Crippen LogP) is 1.61. The molecule has 1 saturated carbocycles. The van der Waals surface area contributed by atoms with Crippen molar-refractivity contribution in [3.05, 3.63) is 40.5 Å². The van der Waals surface area contributed by atoms with Crippen LogP contribution in [0, 0.1) is 33.8 Å². The molecule has 7 heteroatoms. The van der Waals surface area contributed by atoms with Crippen LogP contribution in [0.3, 0.4) is 0 Å². The molecule has 1 heterocycles. The number of nitro groups is 1. The third kappa shape index (κ3) is 1.50. The lowest BCUT2D eigenvalue weighted by molar-refractivity contribution is -0.384. The molecular formula is C15H12N2O5. The molecule has 3 aliphatic rings. The van der Waals surface area contributed by atoms with Crippen LogP contribution >= 0.6 is 0 Å². The van der Waals surface area contributed by atoms with Gasteiger partial charge in [0.15, 0.2) is 0 Å². The molecule has 4 atom stereocenters. The van der Waals surface area contributed by atoms with Gasteiger partial charge in [-0.25, -0.2) is 4.90 Å². The number of carbonyl (C=O) groups excluding carboxylic acids is 2. The number of anilines is 1. The Morgan fingerprint density at radius 1 is 1.14 bits per heavy atom. The Labute approximate surface area is 125 Å². The standard InChI is InChI=1S/C15H12N2O5/c18-11-6-9(17(21)22)3-4-10(11)16-14(19)12-7-1-2-8(5-7)13(12)15(16)20/h1-4,6-8,12-13,18H,5H2/t7-,8-,12+,13+/m1/s1. The smallest absolute Gasteiger partial charge is 0.273 e. The van der Waals surface area contributed by atoms with Crippen LogP contribution in [0.1, 0.15) is 6.42 Å². The van der Waals surface area contributed by atoms with E-state index in [2.05, 4.69) is 0 Å². The van der Waals surface area contributed by atoms with E-state index in [9.17, 15) is 24.8 Å². The highest BCUT2D eigenvalue weighted by Crippen LogP contribution is 2.53. The number of nitro benzene ring substituents is 1. The highest BCUT2D eigenvalue weighted by molar-refractivity contribution is 6.23. The molecule has 1 aliphatic heterocycles. The number of imide groups is 1. The summed E-state index contributed by atoms with van der Waals surface area (Å²) in [5, 5.41) is 20.7. The van der Waals surface area contributed by atoms with E-state index in [1.165, 1.54) is 12.1 Å². The van der Waals surface area contributed by atoms with Gasteiger partial charge in [0.25, 0.3) is 5.69 Å². The van der Waals surface area contributed by atoms with Crippen LogP contribution < -0.4 is 4.90 Å².